The molecule has 1 heterocycles. The van der Waals surface area contributed by atoms with E-state index in [1.54, 1.807) is 12.4 Å². The van der Waals surface area contributed by atoms with Crippen molar-refractivity contribution in [3.05, 3.63) is 66.5 Å². The zero-order valence-electron chi connectivity index (χ0n) is 13.5. The van der Waals surface area contributed by atoms with Crippen LogP contribution in [0.15, 0.2) is 60.9 Å². The zero-order chi connectivity index (χ0) is 16.8. The van der Waals surface area contributed by atoms with Crippen LogP contribution in [-0.4, -0.2) is 22.5 Å². The van der Waals surface area contributed by atoms with Gasteiger partial charge in [-0.1, -0.05) is 24.3 Å². The van der Waals surface area contributed by atoms with E-state index in [0.717, 1.165) is 28.4 Å². The van der Waals surface area contributed by atoms with Gasteiger partial charge in [-0.15, -0.1) is 0 Å². The molecule has 2 aromatic carbocycles. The second-order valence-electron chi connectivity index (χ2n) is 5.32. The van der Waals surface area contributed by atoms with Crippen LogP contribution in [0.25, 0.3) is 11.4 Å². The molecule has 122 valence electrons. The number of H-pyrrole nitrogens is 1. The number of nitrogens with one attached hydrogen (secondary N) is 2. The number of nitrogens with zero attached hydrogens (tertiary/aromatic N) is 1. The van der Waals surface area contributed by atoms with Crippen molar-refractivity contribution in [2.24, 2.45) is 0 Å². The summed E-state index contributed by atoms with van der Waals surface area (Å²) in [7, 11) is 0. The van der Waals surface area contributed by atoms with Crippen LogP contribution in [0.3, 0.4) is 0 Å². The van der Waals surface area contributed by atoms with Crippen molar-refractivity contribution in [1.29, 1.82) is 0 Å². The molecule has 1 amide bonds. The maximum absolute atomic E-state index is 12.2. The van der Waals surface area contributed by atoms with Crippen molar-refractivity contribution in [1.82, 2.24) is 9.97 Å². The van der Waals surface area contributed by atoms with Crippen LogP contribution in [0, 0.1) is 0 Å². The van der Waals surface area contributed by atoms with Gasteiger partial charge in [-0.3, -0.25) is 4.79 Å². The van der Waals surface area contributed by atoms with E-state index in [2.05, 4.69) is 15.3 Å². The van der Waals surface area contributed by atoms with Crippen LogP contribution in [0.4, 0.5) is 5.69 Å². The Kier molecular flexibility index (Phi) is 4.91. The van der Waals surface area contributed by atoms with Crippen LogP contribution in [-0.2, 0) is 11.2 Å². The minimum absolute atomic E-state index is 0.0595. The van der Waals surface area contributed by atoms with Crippen molar-refractivity contribution in [3.8, 4) is 17.1 Å². The normalized spacial score (nSPS) is 10.4. The lowest BCUT2D eigenvalue weighted by Crippen LogP contribution is -2.14. The number of hydrogen-bond acceptors (Lipinski definition) is 3. The summed E-state index contributed by atoms with van der Waals surface area (Å²) in [5.41, 5.74) is 2.62. The van der Waals surface area contributed by atoms with Gasteiger partial charge in [0.15, 0.2) is 0 Å². The van der Waals surface area contributed by atoms with Gasteiger partial charge >= 0.3 is 0 Å². The summed E-state index contributed by atoms with van der Waals surface area (Å²) < 4.78 is 5.40. The molecule has 24 heavy (non-hydrogen) atoms. The van der Waals surface area contributed by atoms with E-state index in [1.165, 1.54) is 0 Å². The molecule has 0 bridgehead atoms. The molecule has 3 rings (SSSR count). The Balaban J connectivity index is 1.63. The Morgan fingerprint density at radius 1 is 1.21 bits per heavy atom. The third kappa shape index (κ3) is 4.01. The van der Waals surface area contributed by atoms with Crippen molar-refractivity contribution in [3.63, 3.8) is 0 Å². The molecule has 0 atom stereocenters. The van der Waals surface area contributed by atoms with Gasteiger partial charge in [0.2, 0.25) is 5.91 Å². The SMILES string of the molecule is CCOc1ccc(CC(=O)Nc2cccc(-c3ncc[nH]3)c2)cc1. The van der Waals surface area contributed by atoms with Crippen molar-refractivity contribution in [2.75, 3.05) is 11.9 Å². The van der Waals surface area contributed by atoms with E-state index in [9.17, 15) is 4.79 Å². The van der Waals surface area contributed by atoms with Gasteiger partial charge in [0.25, 0.3) is 0 Å². The van der Waals surface area contributed by atoms with Crippen molar-refractivity contribution in [2.45, 2.75) is 13.3 Å². The molecule has 5 heteroatoms. The average Bonchev–Trinajstić information content (AvgIpc) is 3.12. The molecule has 0 saturated heterocycles. The van der Waals surface area contributed by atoms with Gasteiger partial charge in [-0.05, 0) is 36.8 Å². The highest BCUT2D eigenvalue weighted by Gasteiger charge is 2.06. The standard InChI is InChI=1S/C19H19N3O2/c1-2-24-17-8-6-14(7-9-17)12-18(23)22-16-5-3-4-15(13-16)19-20-10-11-21-19/h3-11,13H,2,12H2,1H3,(H,20,21)(H,22,23). The van der Waals surface area contributed by atoms with Gasteiger partial charge in [0.05, 0.1) is 13.0 Å². The highest BCUT2D eigenvalue weighted by atomic mass is 16.5. The quantitative estimate of drug-likeness (QED) is 0.728. The molecule has 3 aromatic rings. The van der Waals surface area contributed by atoms with Crippen LogP contribution in [0.5, 0.6) is 5.75 Å². The Labute approximate surface area is 140 Å². The Bertz CT molecular complexity index is 796. The van der Waals surface area contributed by atoms with Crippen LogP contribution >= 0.6 is 0 Å². The summed E-state index contributed by atoms with van der Waals surface area (Å²) in [4.78, 5) is 19.5. The number of benzene rings is 2. The average molecular weight is 321 g/mol. The number of ether oxygens (including phenoxy) is 1. The summed E-state index contributed by atoms with van der Waals surface area (Å²) in [6.45, 7) is 2.57. The second kappa shape index (κ2) is 7.46. The molecule has 0 aliphatic carbocycles. The molecule has 0 saturated carbocycles. The number of imidazole rings is 1. The number of hydrogen-bond donors (Lipinski definition) is 2. The first-order chi connectivity index (χ1) is 11.7. The number of carbonyl (C=O) groups is 1. The molecule has 2 N–H and O–H groups in total. The van der Waals surface area contributed by atoms with E-state index >= 15 is 0 Å². The van der Waals surface area contributed by atoms with Crippen molar-refractivity contribution < 1.29 is 9.53 Å². The minimum Gasteiger partial charge on any atom is -0.494 e. The molecule has 0 aliphatic rings. The fourth-order valence-electron chi connectivity index (χ4n) is 2.43. The first kappa shape index (κ1) is 15.8. The maximum atomic E-state index is 12.2. The lowest BCUT2D eigenvalue weighted by atomic mass is 10.1. The highest BCUT2D eigenvalue weighted by molar-refractivity contribution is 5.92. The Hall–Kier alpha value is -3.08. The van der Waals surface area contributed by atoms with Gasteiger partial charge in [-0.25, -0.2) is 4.98 Å². The number of aromatic amines is 1. The number of carbonyl (C=O) groups excluding carboxylic acids is 1. The predicted octanol–water partition coefficient (Wildman–Crippen LogP) is 3.66. The summed E-state index contributed by atoms with van der Waals surface area (Å²) in [6, 6.07) is 15.2. The topological polar surface area (TPSA) is 67.0 Å². The number of anilines is 1. The van der Waals surface area contributed by atoms with Crippen LogP contribution in [0.1, 0.15) is 12.5 Å². The Morgan fingerprint density at radius 3 is 2.75 bits per heavy atom. The summed E-state index contributed by atoms with van der Waals surface area (Å²) in [6.07, 6.45) is 3.79. The molecule has 0 unspecified atom stereocenters. The molecule has 5 nitrogen and oxygen atoms in total. The number of amides is 1. The fraction of sp³-hybridized carbons (Fsp3) is 0.158. The van der Waals surface area contributed by atoms with Gasteiger partial charge in [0.1, 0.15) is 11.6 Å². The highest BCUT2D eigenvalue weighted by Crippen LogP contribution is 2.19. The molecule has 0 aliphatic heterocycles. The largest absolute Gasteiger partial charge is 0.494 e. The Morgan fingerprint density at radius 2 is 2.04 bits per heavy atom. The zero-order valence-corrected chi connectivity index (χ0v) is 13.5. The number of aromatic nitrogens is 2. The number of rotatable bonds is 6. The van der Waals surface area contributed by atoms with E-state index in [-0.39, 0.29) is 5.91 Å². The van der Waals surface area contributed by atoms with Gasteiger partial charge in [0, 0.05) is 23.6 Å². The monoisotopic (exact) mass is 321 g/mol. The van der Waals surface area contributed by atoms with E-state index in [4.69, 9.17) is 4.74 Å². The molecular weight excluding hydrogens is 302 g/mol. The van der Waals surface area contributed by atoms with E-state index in [1.807, 2.05) is 55.5 Å². The van der Waals surface area contributed by atoms with Crippen LogP contribution in [0.2, 0.25) is 0 Å². The maximum Gasteiger partial charge on any atom is 0.228 e. The lowest BCUT2D eigenvalue weighted by Gasteiger charge is -2.08. The molecule has 1 aromatic heterocycles. The van der Waals surface area contributed by atoms with Crippen LogP contribution < -0.4 is 10.1 Å². The van der Waals surface area contributed by atoms with Gasteiger partial charge in [-0.2, -0.15) is 0 Å². The van der Waals surface area contributed by atoms with E-state index in [0.29, 0.717) is 13.0 Å². The molecule has 0 fully saturated rings. The first-order valence-corrected chi connectivity index (χ1v) is 7.86. The molecule has 0 spiro atoms. The fourth-order valence-corrected chi connectivity index (χ4v) is 2.43. The second-order valence-corrected chi connectivity index (χ2v) is 5.32. The van der Waals surface area contributed by atoms with E-state index < -0.39 is 0 Å². The summed E-state index contributed by atoms with van der Waals surface area (Å²) in [5, 5.41) is 2.92. The molecular formula is C19H19N3O2. The van der Waals surface area contributed by atoms with Gasteiger partial charge < -0.3 is 15.0 Å². The predicted molar refractivity (Wildman–Crippen MR) is 94.0 cm³/mol. The van der Waals surface area contributed by atoms with Crippen molar-refractivity contribution >= 4 is 11.6 Å². The molecule has 0 radical (unpaired) electrons. The smallest absolute Gasteiger partial charge is 0.228 e. The third-order valence-corrected chi connectivity index (χ3v) is 3.52. The lowest BCUT2D eigenvalue weighted by molar-refractivity contribution is -0.115. The summed E-state index contributed by atoms with van der Waals surface area (Å²) >= 11 is 0. The first-order valence-electron chi connectivity index (χ1n) is 7.86. The third-order valence-electron chi connectivity index (χ3n) is 3.52. The summed E-state index contributed by atoms with van der Waals surface area (Å²) in [5.74, 6) is 1.53. The minimum atomic E-state index is -0.0595.